The Balaban J connectivity index is 2.10. The van der Waals surface area contributed by atoms with Crippen LogP contribution in [0.5, 0.6) is 0 Å². The monoisotopic (exact) mass is 260 g/mol. The normalized spacial score (nSPS) is 20.3. The number of benzene rings is 1. The number of carbonyl (C=O) groups is 1. The third-order valence-electron chi connectivity index (χ3n) is 3.92. The van der Waals surface area contributed by atoms with E-state index in [2.05, 4.69) is 50.2 Å². The van der Waals surface area contributed by atoms with Crippen molar-refractivity contribution in [3.63, 3.8) is 0 Å². The Morgan fingerprint density at radius 3 is 2.47 bits per heavy atom. The maximum atomic E-state index is 12.4. The van der Waals surface area contributed by atoms with Crippen molar-refractivity contribution in [3.05, 3.63) is 28.8 Å². The number of piperidine rings is 1. The zero-order valence-electron chi connectivity index (χ0n) is 12.4. The van der Waals surface area contributed by atoms with E-state index in [1.54, 1.807) is 0 Å². The number of nitrogens with zero attached hydrogens (tertiary/aromatic N) is 1. The third-order valence-corrected chi connectivity index (χ3v) is 3.92. The van der Waals surface area contributed by atoms with Crippen molar-refractivity contribution >= 4 is 11.6 Å². The summed E-state index contributed by atoms with van der Waals surface area (Å²) in [6.07, 6.45) is 2.11. The number of aryl methyl sites for hydroxylation is 3. The molecule has 0 radical (unpaired) electrons. The molecule has 0 aromatic heterocycles. The van der Waals surface area contributed by atoms with Crippen LogP contribution >= 0.6 is 0 Å². The molecule has 2 rings (SSSR count). The van der Waals surface area contributed by atoms with Crippen LogP contribution in [0.15, 0.2) is 12.1 Å². The minimum atomic E-state index is 0.124. The zero-order valence-corrected chi connectivity index (χ0v) is 12.4. The molecule has 0 unspecified atom stereocenters. The summed E-state index contributed by atoms with van der Waals surface area (Å²) >= 11 is 0. The molecular weight excluding hydrogens is 236 g/mol. The van der Waals surface area contributed by atoms with Gasteiger partial charge in [-0.15, -0.1) is 0 Å². The second-order valence-corrected chi connectivity index (χ2v) is 5.86. The van der Waals surface area contributed by atoms with Crippen molar-refractivity contribution < 1.29 is 4.79 Å². The molecule has 1 aliphatic heterocycles. The number of anilines is 1. The van der Waals surface area contributed by atoms with Crippen LogP contribution < -0.4 is 5.32 Å². The lowest BCUT2D eigenvalue weighted by atomic mass is 9.97. The molecule has 0 bridgehead atoms. The van der Waals surface area contributed by atoms with Crippen molar-refractivity contribution in [2.24, 2.45) is 5.92 Å². The first-order chi connectivity index (χ1) is 8.97. The van der Waals surface area contributed by atoms with Gasteiger partial charge in [0.2, 0.25) is 5.91 Å². The van der Waals surface area contributed by atoms with Crippen molar-refractivity contribution in [2.75, 3.05) is 25.5 Å². The molecule has 1 atom stereocenters. The Hall–Kier alpha value is -1.35. The molecule has 1 N–H and O–H groups in total. The van der Waals surface area contributed by atoms with Gasteiger partial charge in [0.1, 0.15) is 0 Å². The lowest BCUT2D eigenvalue weighted by Crippen LogP contribution is -2.38. The number of rotatable bonds is 2. The van der Waals surface area contributed by atoms with E-state index >= 15 is 0 Å². The first-order valence-corrected chi connectivity index (χ1v) is 7.04. The van der Waals surface area contributed by atoms with Gasteiger partial charge in [-0.2, -0.15) is 0 Å². The molecule has 19 heavy (non-hydrogen) atoms. The van der Waals surface area contributed by atoms with Gasteiger partial charge in [-0.3, -0.25) is 4.79 Å². The molecule has 104 valence electrons. The van der Waals surface area contributed by atoms with E-state index in [9.17, 15) is 4.79 Å². The molecule has 0 saturated carbocycles. The summed E-state index contributed by atoms with van der Waals surface area (Å²) in [5, 5.41) is 3.13. The fourth-order valence-electron chi connectivity index (χ4n) is 2.98. The first-order valence-electron chi connectivity index (χ1n) is 7.04. The van der Waals surface area contributed by atoms with Crippen molar-refractivity contribution in [1.29, 1.82) is 0 Å². The summed E-state index contributed by atoms with van der Waals surface area (Å²) in [5.74, 6) is 0.292. The summed E-state index contributed by atoms with van der Waals surface area (Å²) < 4.78 is 0. The molecule has 1 aliphatic rings. The first kappa shape index (κ1) is 14.1. The minimum absolute atomic E-state index is 0.124. The predicted octanol–water partition coefficient (Wildman–Crippen LogP) is 2.89. The third kappa shape index (κ3) is 3.35. The van der Waals surface area contributed by atoms with Crippen LogP contribution in [0.3, 0.4) is 0 Å². The Bertz CT molecular complexity index is 459. The van der Waals surface area contributed by atoms with Gasteiger partial charge >= 0.3 is 0 Å². The van der Waals surface area contributed by atoms with Crippen LogP contribution in [0, 0.1) is 26.7 Å². The van der Waals surface area contributed by atoms with Gasteiger partial charge < -0.3 is 10.2 Å². The van der Waals surface area contributed by atoms with Gasteiger partial charge in [0.25, 0.3) is 0 Å². The standard InChI is InChI=1S/C16H24N2O/c1-11-8-12(2)15(13(3)9-11)17-16(19)14-6-5-7-18(4)10-14/h8-9,14H,5-7,10H2,1-4H3,(H,17,19)/t14-/m1/s1. The van der Waals surface area contributed by atoms with Crippen LogP contribution in [0.4, 0.5) is 5.69 Å². The minimum Gasteiger partial charge on any atom is -0.325 e. The SMILES string of the molecule is Cc1cc(C)c(NC(=O)[C@@H]2CCCN(C)C2)c(C)c1. The largest absolute Gasteiger partial charge is 0.325 e. The predicted molar refractivity (Wildman–Crippen MR) is 79.5 cm³/mol. The number of hydrogen-bond acceptors (Lipinski definition) is 2. The summed E-state index contributed by atoms with van der Waals surface area (Å²) in [5.41, 5.74) is 4.53. The smallest absolute Gasteiger partial charge is 0.228 e. The second-order valence-electron chi connectivity index (χ2n) is 5.86. The van der Waals surface area contributed by atoms with Crippen LogP contribution in [0.2, 0.25) is 0 Å². The van der Waals surface area contributed by atoms with Gasteiger partial charge in [0.15, 0.2) is 0 Å². The van der Waals surface area contributed by atoms with Gasteiger partial charge in [0, 0.05) is 12.2 Å². The summed E-state index contributed by atoms with van der Waals surface area (Å²) in [6, 6.07) is 4.24. The van der Waals surface area contributed by atoms with Crippen LogP contribution in [0.25, 0.3) is 0 Å². The highest BCUT2D eigenvalue weighted by Crippen LogP contribution is 2.24. The summed E-state index contributed by atoms with van der Waals surface area (Å²) in [6.45, 7) is 8.18. The van der Waals surface area contributed by atoms with E-state index < -0.39 is 0 Å². The highest BCUT2D eigenvalue weighted by atomic mass is 16.1. The average molecular weight is 260 g/mol. The zero-order chi connectivity index (χ0) is 14.0. The lowest BCUT2D eigenvalue weighted by molar-refractivity contribution is -0.121. The molecule has 1 heterocycles. The van der Waals surface area contributed by atoms with Gasteiger partial charge in [-0.05, 0) is 58.3 Å². The fourth-order valence-corrected chi connectivity index (χ4v) is 2.98. The van der Waals surface area contributed by atoms with E-state index in [4.69, 9.17) is 0 Å². The second kappa shape index (κ2) is 5.74. The molecule has 0 spiro atoms. The van der Waals surface area contributed by atoms with Gasteiger partial charge in [-0.25, -0.2) is 0 Å². The molecule has 1 aromatic carbocycles. The van der Waals surface area contributed by atoms with Gasteiger partial charge in [-0.1, -0.05) is 17.7 Å². The molecule has 0 aliphatic carbocycles. The molecular formula is C16H24N2O. The Labute approximate surface area is 116 Å². The number of likely N-dealkylation sites (tertiary alicyclic amines) is 1. The summed E-state index contributed by atoms with van der Waals surface area (Å²) in [7, 11) is 2.09. The Kier molecular flexibility index (Phi) is 4.25. The highest BCUT2D eigenvalue weighted by molar-refractivity contribution is 5.94. The van der Waals surface area contributed by atoms with E-state index in [-0.39, 0.29) is 11.8 Å². The maximum Gasteiger partial charge on any atom is 0.228 e. The fraction of sp³-hybridized carbons (Fsp3) is 0.562. The molecule has 1 aromatic rings. The van der Waals surface area contributed by atoms with Crippen LogP contribution in [-0.2, 0) is 4.79 Å². The van der Waals surface area contributed by atoms with Crippen molar-refractivity contribution in [2.45, 2.75) is 33.6 Å². The average Bonchev–Trinajstić information content (AvgIpc) is 2.33. The van der Waals surface area contributed by atoms with Crippen LogP contribution in [-0.4, -0.2) is 30.9 Å². The van der Waals surface area contributed by atoms with Crippen LogP contribution in [0.1, 0.15) is 29.5 Å². The summed E-state index contributed by atoms with van der Waals surface area (Å²) in [4.78, 5) is 14.6. The molecule has 3 nitrogen and oxygen atoms in total. The number of nitrogens with one attached hydrogen (secondary N) is 1. The van der Waals surface area contributed by atoms with E-state index in [1.807, 2.05) is 0 Å². The number of hydrogen-bond donors (Lipinski definition) is 1. The van der Waals surface area contributed by atoms with E-state index in [1.165, 1.54) is 5.56 Å². The quantitative estimate of drug-likeness (QED) is 0.886. The molecule has 1 fully saturated rings. The molecule has 3 heteroatoms. The molecule has 1 saturated heterocycles. The maximum absolute atomic E-state index is 12.4. The number of amides is 1. The Morgan fingerprint density at radius 2 is 1.89 bits per heavy atom. The highest BCUT2D eigenvalue weighted by Gasteiger charge is 2.24. The van der Waals surface area contributed by atoms with E-state index in [0.29, 0.717) is 0 Å². The van der Waals surface area contributed by atoms with Crippen molar-refractivity contribution in [3.8, 4) is 0 Å². The van der Waals surface area contributed by atoms with Gasteiger partial charge in [0.05, 0.1) is 5.92 Å². The van der Waals surface area contributed by atoms with E-state index in [0.717, 1.165) is 42.7 Å². The van der Waals surface area contributed by atoms with Crippen molar-refractivity contribution in [1.82, 2.24) is 4.90 Å². The topological polar surface area (TPSA) is 32.3 Å². The lowest BCUT2D eigenvalue weighted by Gasteiger charge is -2.29. The molecule has 1 amide bonds. The number of carbonyl (C=O) groups excluding carboxylic acids is 1. The Morgan fingerprint density at radius 1 is 1.26 bits per heavy atom.